The summed E-state index contributed by atoms with van der Waals surface area (Å²) in [6, 6.07) is 11.3. The van der Waals surface area contributed by atoms with E-state index in [9.17, 15) is 4.79 Å². The van der Waals surface area contributed by atoms with Gasteiger partial charge < -0.3 is 9.84 Å². The number of rotatable bonds is 7. The van der Waals surface area contributed by atoms with Gasteiger partial charge in [0.1, 0.15) is 0 Å². The molecule has 0 saturated heterocycles. The lowest BCUT2D eigenvalue weighted by Gasteiger charge is -2.15. The molecule has 0 aliphatic carbocycles. The van der Waals surface area contributed by atoms with Crippen LogP contribution in [0.3, 0.4) is 0 Å². The molecule has 0 aliphatic heterocycles. The Morgan fingerprint density at radius 1 is 1.32 bits per heavy atom. The number of hydrogen-bond donors (Lipinski definition) is 1. The lowest BCUT2D eigenvalue weighted by molar-refractivity contribution is 0.0696. The first-order valence-corrected chi connectivity index (χ1v) is 7.51. The molecule has 1 atom stereocenters. The van der Waals surface area contributed by atoms with Crippen LogP contribution >= 0.6 is 0 Å². The third-order valence-corrected chi connectivity index (χ3v) is 3.80. The fourth-order valence-electron chi connectivity index (χ4n) is 2.35. The monoisotopic (exact) mass is 299 g/mol. The Morgan fingerprint density at radius 2 is 2.09 bits per heavy atom. The summed E-state index contributed by atoms with van der Waals surface area (Å²) >= 11 is 0. The van der Waals surface area contributed by atoms with E-state index in [0.29, 0.717) is 18.4 Å². The fourth-order valence-corrected chi connectivity index (χ4v) is 2.35. The van der Waals surface area contributed by atoms with Gasteiger partial charge in [-0.3, -0.25) is 0 Å². The minimum Gasteiger partial charge on any atom is -0.478 e. The van der Waals surface area contributed by atoms with Gasteiger partial charge in [-0.1, -0.05) is 38.1 Å². The van der Waals surface area contributed by atoms with Crippen LogP contribution in [0.15, 0.2) is 42.6 Å². The Balaban J connectivity index is 2.00. The number of carboxylic acid groups (broad SMARTS) is 1. The largest absolute Gasteiger partial charge is 0.478 e. The number of carbonyl (C=O) groups is 1. The number of aromatic carboxylic acids is 1. The number of hydrogen-bond acceptors (Lipinski definition) is 3. The summed E-state index contributed by atoms with van der Waals surface area (Å²) in [6.45, 7) is 4.88. The summed E-state index contributed by atoms with van der Waals surface area (Å²) in [5.74, 6) is -0.111. The second-order valence-electron chi connectivity index (χ2n) is 5.29. The van der Waals surface area contributed by atoms with Crippen molar-refractivity contribution in [1.82, 2.24) is 4.98 Å². The lowest BCUT2D eigenvalue weighted by Crippen LogP contribution is -2.07. The number of pyridine rings is 1. The number of ether oxygens (including phenoxy) is 1. The molecule has 116 valence electrons. The molecule has 1 aromatic heterocycles. The highest BCUT2D eigenvalue weighted by atomic mass is 16.5. The van der Waals surface area contributed by atoms with Crippen LogP contribution in [0.25, 0.3) is 0 Å². The molecule has 4 heteroatoms. The molecular weight excluding hydrogens is 278 g/mol. The minimum absolute atomic E-state index is 0.185. The van der Waals surface area contributed by atoms with Crippen molar-refractivity contribution in [2.75, 3.05) is 6.61 Å². The van der Waals surface area contributed by atoms with Crippen molar-refractivity contribution < 1.29 is 14.6 Å². The van der Waals surface area contributed by atoms with E-state index in [4.69, 9.17) is 9.84 Å². The zero-order chi connectivity index (χ0) is 15.9. The van der Waals surface area contributed by atoms with Crippen LogP contribution < -0.4 is 4.74 Å². The van der Waals surface area contributed by atoms with E-state index in [1.807, 2.05) is 6.07 Å². The van der Waals surface area contributed by atoms with Crippen LogP contribution in [0.1, 0.15) is 47.7 Å². The van der Waals surface area contributed by atoms with E-state index in [1.165, 1.54) is 29.5 Å². The van der Waals surface area contributed by atoms with Gasteiger partial charge in [0, 0.05) is 18.7 Å². The van der Waals surface area contributed by atoms with Crippen LogP contribution in [0.5, 0.6) is 5.88 Å². The van der Waals surface area contributed by atoms with Crippen molar-refractivity contribution in [3.05, 3.63) is 59.3 Å². The molecule has 1 unspecified atom stereocenters. The maximum atomic E-state index is 10.9. The normalized spacial score (nSPS) is 11.9. The van der Waals surface area contributed by atoms with Crippen molar-refractivity contribution in [3.8, 4) is 5.88 Å². The molecule has 1 aromatic carbocycles. The summed E-state index contributed by atoms with van der Waals surface area (Å²) in [4.78, 5) is 15.0. The summed E-state index contributed by atoms with van der Waals surface area (Å²) in [7, 11) is 0. The molecular formula is C18H21NO3. The SMILES string of the molecule is CCC(C)c1ccccc1CCOc1cc(C(=O)O)ccn1. The van der Waals surface area contributed by atoms with Crippen molar-refractivity contribution in [2.45, 2.75) is 32.6 Å². The molecule has 0 amide bonds. The summed E-state index contributed by atoms with van der Waals surface area (Å²) < 4.78 is 5.59. The zero-order valence-electron chi connectivity index (χ0n) is 13.0. The molecule has 0 spiro atoms. The lowest BCUT2D eigenvalue weighted by atomic mass is 9.92. The van der Waals surface area contributed by atoms with Crippen LogP contribution in [0.4, 0.5) is 0 Å². The van der Waals surface area contributed by atoms with Gasteiger partial charge in [0.25, 0.3) is 0 Å². The van der Waals surface area contributed by atoms with Crippen molar-refractivity contribution >= 4 is 5.97 Å². The minimum atomic E-state index is -0.977. The third-order valence-electron chi connectivity index (χ3n) is 3.80. The maximum Gasteiger partial charge on any atom is 0.335 e. The summed E-state index contributed by atoms with van der Waals surface area (Å²) in [5.41, 5.74) is 2.80. The van der Waals surface area contributed by atoms with Crippen molar-refractivity contribution in [3.63, 3.8) is 0 Å². The first-order chi connectivity index (χ1) is 10.6. The molecule has 2 rings (SSSR count). The van der Waals surface area contributed by atoms with E-state index < -0.39 is 5.97 Å². The van der Waals surface area contributed by atoms with Crippen molar-refractivity contribution in [2.24, 2.45) is 0 Å². The van der Waals surface area contributed by atoms with Gasteiger partial charge in [0.2, 0.25) is 5.88 Å². The van der Waals surface area contributed by atoms with Gasteiger partial charge in [-0.15, -0.1) is 0 Å². The van der Waals surface area contributed by atoms with Gasteiger partial charge in [-0.25, -0.2) is 9.78 Å². The highest BCUT2D eigenvalue weighted by Crippen LogP contribution is 2.23. The molecule has 1 heterocycles. The Morgan fingerprint density at radius 3 is 2.82 bits per heavy atom. The molecule has 0 radical (unpaired) electrons. The van der Waals surface area contributed by atoms with Gasteiger partial charge >= 0.3 is 5.97 Å². The molecule has 0 bridgehead atoms. The molecule has 1 N–H and O–H groups in total. The number of aromatic nitrogens is 1. The quantitative estimate of drug-likeness (QED) is 0.842. The number of benzene rings is 1. The highest BCUT2D eigenvalue weighted by molar-refractivity contribution is 5.87. The van der Waals surface area contributed by atoms with Crippen LogP contribution in [-0.4, -0.2) is 22.7 Å². The van der Waals surface area contributed by atoms with E-state index in [2.05, 4.69) is 37.0 Å². The number of nitrogens with zero attached hydrogens (tertiary/aromatic N) is 1. The predicted octanol–water partition coefficient (Wildman–Crippen LogP) is 3.91. The molecule has 0 saturated carbocycles. The van der Waals surface area contributed by atoms with E-state index in [0.717, 1.165) is 12.8 Å². The smallest absolute Gasteiger partial charge is 0.335 e. The van der Waals surface area contributed by atoms with Gasteiger partial charge in [0.05, 0.1) is 12.2 Å². The van der Waals surface area contributed by atoms with Gasteiger partial charge in [-0.2, -0.15) is 0 Å². The predicted molar refractivity (Wildman–Crippen MR) is 85.5 cm³/mol. The molecule has 22 heavy (non-hydrogen) atoms. The Labute approximate surface area is 130 Å². The van der Waals surface area contributed by atoms with Gasteiger partial charge in [0.15, 0.2) is 0 Å². The van der Waals surface area contributed by atoms with Crippen LogP contribution in [0, 0.1) is 0 Å². The molecule has 0 aliphatic rings. The first kappa shape index (κ1) is 16.0. The van der Waals surface area contributed by atoms with Gasteiger partial charge in [-0.05, 0) is 29.5 Å². The Hall–Kier alpha value is -2.36. The average molecular weight is 299 g/mol. The van der Waals surface area contributed by atoms with E-state index in [1.54, 1.807) is 0 Å². The van der Waals surface area contributed by atoms with Crippen molar-refractivity contribution in [1.29, 1.82) is 0 Å². The molecule has 0 fully saturated rings. The average Bonchev–Trinajstić information content (AvgIpc) is 2.55. The fraction of sp³-hybridized carbons (Fsp3) is 0.333. The molecule has 2 aromatic rings. The zero-order valence-corrected chi connectivity index (χ0v) is 13.0. The molecule has 4 nitrogen and oxygen atoms in total. The Bertz CT molecular complexity index is 640. The van der Waals surface area contributed by atoms with E-state index in [-0.39, 0.29) is 5.56 Å². The van der Waals surface area contributed by atoms with Crippen LogP contribution in [0.2, 0.25) is 0 Å². The topological polar surface area (TPSA) is 59.4 Å². The Kier molecular flexibility index (Phi) is 5.53. The summed E-state index contributed by atoms with van der Waals surface area (Å²) in [6.07, 6.45) is 3.32. The maximum absolute atomic E-state index is 10.9. The van der Waals surface area contributed by atoms with E-state index >= 15 is 0 Å². The number of carboxylic acids is 1. The second kappa shape index (κ2) is 7.59. The van der Waals surface area contributed by atoms with Crippen LogP contribution in [-0.2, 0) is 6.42 Å². The highest BCUT2D eigenvalue weighted by Gasteiger charge is 2.09. The summed E-state index contributed by atoms with van der Waals surface area (Å²) in [5, 5.41) is 8.95. The standard InChI is InChI=1S/C18H21NO3/c1-3-13(2)16-7-5-4-6-14(16)9-11-22-17-12-15(18(20)21)8-10-19-17/h4-8,10,12-13H,3,9,11H2,1-2H3,(H,20,21). The third kappa shape index (κ3) is 4.07. The first-order valence-electron chi connectivity index (χ1n) is 7.51. The second-order valence-corrected chi connectivity index (χ2v) is 5.29.